The number of aromatic nitrogens is 3. The van der Waals surface area contributed by atoms with Crippen LogP contribution in [0.5, 0.6) is 17.4 Å². The summed E-state index contributed by atoms with van der Waals surface area (Å²) in [5, 5.41) is 0. The van der Waals surface area contributed by atoms with Gasteiger partial charge in [0.25, 0.3) is 0 Å². The molecule has 3 aromatic carbocycles. The van der Waals surface area contributed by atoms with Gasteiger partial charge in [0.05, 0.1) is 15.7 Å². The fourth-order valence-electron chi connectivity index (χ4n) is 4.21. The Morgan fingerprint density at radius 2 is 1.63 bits per heavy atom. The topological polar surface area (TPSA) is 101 Å². The molecule has 0 aliphatic carbocycles. The number of carbonyl (C=O) groups excluding carboxylic acids is 1. The van der Waals surface area contributed by atoms with Gasteiger partial charge < -0.3 is 24.5 Å². The van der Waals surface area contributed by atoms with Crippen LogP contribution in [-0.4, -0.2) is 33.4 Å². The smallest absolute Gasteiger partial charge is 0.422 e. The van der Waals surface area contributed by atoms with Crippen LogP contribution in [0.2, 0.25) is 0 Å². The van der Waals surface area contributed by atoms with Crippen LogP contribution in [0.3, 0.4) is 0 Å². The first-order valence-electron chi connectivity index (χ1n) is 12.1. The Morgan fingerprint density at radius 1 is 0.930 bits per heavy atom. The number of halogens is 7. The van der Waals surface area contributed by atoms with Crippen LogP contribution >= 0.6 is 15.9 Å². The molecule has 2 heterocycles. The summed E-state index contributed by atoms with van der Waals surface area (Å²) in [7, 11) is 0. The lowest BCUT2D eigenvalue weighted by Crippen LogP contribution is -2.20. The largest absolute Gasteiger partial charge is 0.486 e. The monoisotopic (exact) mass is 666 g/mol. The molecule has 222 valence electrons. The Hall–Kier alpha value is -4.79. The van der Waals surface area contributed by atoms with Gasteiger partial charge in [-0.15, -0.1) is 0 Å². The number of hydrogen-bond acceptors (Lipinski definition) is 6. The summed E-state index contributed by atoms with van der Waals surface area (Å²) in [6.07, 6.45) is -5.19. The third-order valence-electron chi connectivity index (χ3n) is 5.91. The van der Waals surface area contributed by atoms with Crippen molar-refractivity contribution in [1.29, 1.82) is 0 Å². The third-order valence-corrected chi connectivity index (χ3v) is 6.66. The average Bonchev–Trinajstić information content (AvgIpc) is 3.23. The first kappa shape index (κ1) is 29.7. The number of primary amides is 1. The Balaban J connectivity index is 1.70. The molecule has 15 heteroatoms. The zero-order chi connectivity index (χ0) is 30.9. The van der Waals surface area contributed by atoms with Gasteiger partial charge in [0.1, 0.15) is 41.4 Å². The number of rotatable bonds is 8. The first-order chi connectivity index (χ1) is 20.4. The van der Waals surface area contributed by atoms with Crippen LogP contribution < -0.4 is 19.9 Å². The molecule has 0 bridgehead atoms. The van der Waals surface area contributed by atoms with Crippen molar-refractivity contribution < 1.29 is 45.3 Å². The second kappa shape index (κ2) is 11.8. The fraction of sp³-hybridized carbons (Fsp3) is 0.107. The lowest BCUT2D eigenvalue weighted by molar-refractivity contribution is -0.153. The van der Waals surface area contributed by atoms with E-state index in [0.717, 1.165) is 22.5 Å². The van der Waals surface area contributed by atoms with Crippen LogP contribution in [0, 0.1) is 17.5 Å². The Morgan fingerprint density at radius 3 is 2.26 bits per heavy atom. The van der Waals surface area contributed by atoms with E-state index in [1.54, 1.807) is 30.3 Å². The third kappa shape index (κ3) is 6.35. The average molecular weight is 667 g/mol. The van der Waals surface area contributed by atoms with E-state index >= 15 is 13.2 Å². The summed E-state index contributed by atoms with van der Waals surface area (Å²) >= 11 is 3.23. The number of hydrogen-bond donors (Lipinski definition) is 1. The number of nitrogens with two attached hydrogens (primary N) is 1. The second-order valence-electron chi connectivity index (χ2n) is 8.85. The van der Waals surface area contributed by atoms with Crippen molar-refractivity contribution in [1.82, 2.24) is 14.5 Å². The Kier molecular flexibility index (Phi) is 8.17. The summed E-state index contributed by atoms with van der Waals surface area (Å²) in [6.45, 7) is -1.72. The number of alkyl halides is 3. The van der Waals surface area contributed by atoms with E-state index in [2.05, 4.69) is 30.6 Å². The quantitative estimate of drug-likeness (QED) is 0.175. The van der Waals surface area contributed by atoms with Crippen molar-refractivity contribution in [2.75, 3.05) is 6.61 Å². The minimum atomic E-state index is -4.76. The van der Waals surface area contributed by atoms with Gasteiger partial charge >= 0.3 is 12.3 Å². The molecular formula is C28H17BrF6N4O4. The minimum absolute atomic E-state index is 0.0276. The van der Waals surface area contributed by atoms with Gasteiger partial charge in [-0.3, -0.25) is 0 Å². The lowest BCUT2D eigenvalue weighted by atomic mass is 10.1. The molecular weight excluding hydrogens is 650 g/mol. The zero-order valence-corrected chi connectivity index (χ0v) is 23.0. The summed E-state index contributed by atoms with van der Waals surface area (Å²) in [5.74, 6) is -4.72. The maximum atomic E-state index is 15.4. The molecule has 2 N–H and O–H groups in total. The van der Waals surface area contributed by atoms with E-state index in [1.807, 2.05) is 0 Å². The molecule has 0 saturated heterocycles. The van der Waals surface area contributed by atoms with E-state index in [-0.39, 0.29) is 39.2 Å². The highest BCUT2D eigenvalue weighted by Crippen LogP contribution is 2.44. The van der Waals surface area contributed by atoms with Gasteiger partial charge in [-0.05, 0) is 33.6 Å². The first-order valence-corrected chi connectivity index (χ1v) is 12.9. The Labute approximate surface area is 246 Å². The van der Waals surface area contributed by atoms with Gasteiger partial charge in [-0.25, -0.2) is 22.9 Å². The van der Waals surface area contributed by atoms with Crippen molar-refractivity contribution in [2.45, 2.75) is 12.8 Å². The molecule has 1 amide bonds. The van der Waals surface area contributed by atoms with Crippen molar-refractivity contribution in [2.24, 2.45) is 5.73 Å². The predicted octanol–water partition coefficient (Wildman–Crippen LogP) is 7.24. The summed E-state index contributed by atoms with van der Waals surface area (Å²) in [5.41, 5.74) is 4.16. The number of fused-ring (bicyclic) bond motifs is 1. The highest BCUT2D eigenvalue weighted by atomic mass is 79.9. The SMILES string of the molecule is NC(=O)Oc1cc(F)c(-c2c(Br)c3ncnc(OCC(F)(F)F)c3n2-c2ccc(OCc3ccccc3)c(F)c2)c(F)c1. The van der Waals surface area contributed by atoms with Crippen LogP contribution in [0.15, 0.2) is 71.5 Å². The van der Waals surface area contributed by atoms with E-state index in [0.29, 0.717) is 12.1 Å². The van der Waals surface area contributed by atoms with Gasteiger partial charge in [0.2, 0.25) is 5.88 Å². The van der Waals surface area contributed by atoms with E-state index in [1.165, 1.54) is 12.1 Å². The maximum Gasteiger partial charge on any atom is 0.422 e. The maximum absolute atomic E-state index is 15.4. The molecule has 0 fully saturated rings. The Bertz CT molecular complexity index is 1810. The highest BCUT2D eigenvalue weighted by Gasteiger charge is 2.32. The molecule has 0 aliphatic heterocycles. The second-order valence-corrected chi connectivity index (χ2v) is 9.64. The summed E-state index contributed by atoms with van der Waals surface area (Å²) < 4.78 is 101. The molecule has 5 aromatic rings. The van der Waals surface area contributed by atoms with Crippen molar-refractivity contribution >= 4 is 33.1 Å². The number of carbonyl (C=O) groups is 1. The van der Waals surface area contributed by atoms with Crippen LogP contribution in [0.1, 0.15) is 5.56 Å². The zero-order valence-electron chi connectivity index (χ0n) is 21.5. The highest BCUT2D eigenvalue weighted by molar-refractivity contribution is 9.10. The molecule has 0 spiro atoms. The summed E-state index contributed by atoms with van der Waals surface area (Å²) in [4.78, 5) is 18.9. The standard InChI is InChI=1S/C28H17BrF6N4O4/c29-22-23-25(26(38-13-37-23)42-12-28(33,34)35)39(24(22)21-18(31)9-16(10-19(21)32)43-27(36)40)15-6-7-20(17(30)8-15)41-11-14-4-2-1-3-5-14/h1-10,13H,11-12H2,(H2,36,40). The van der Waals surface area contributed by atoms with Crippen molar-refractivity contribution in [3.63, 3.8) is 0 Å². The summed E-state index contributed by atoms with van der Waals surface area (Å²) in [6, 6.07) is 13.8. The van der Waals surface area contributed by atoms with Crippen molar-refractivity contribution in [3.05, 3.63) is 94.5 Å². The molecule has 8 nitrogen and oxygen atoms in total. The predicted molar refractivity (Wildman–Crippen MR) is 144 cm³/mol. The van der Waals surface area contributed by atoms with E-state index < -0.39 is 53.5 Å². The number of ether oxygens (including phenoxy) is 3. The molecule has 0 aliphatic rings. The van der Waals surface area contributed by atoms with Gasteiger partial charge in [-0.2, -0.15) is 18.2 Å². The van der Waals surface area contributed by atoms with E-state index in [9.17, 15) is 18.0 Å². The molecule has 0 unspecified atom stereocenters. The lowest BCUT2D eigenvalue weighted by Gasteiger charge is -2.16. The minimum Gasteiger partial charge on any atom is -0.486 e. The fourth-order valence-corrected chi connectivity index (χ4v) is 4.88. The normalized spacial score (nSPS) is 11.5. The number of amides is 1. The van der Waals surface area contributed by atoms with Crippen LogP contribution in [0.25, 0.3) is 28.0 Å². The van der Waals surface area contributed by atoms with E-state index in [4.69, 9.17) is 15.2 Å². The molecule has 0 atom stereocenters. The van der Waals surface area contributed by atoms with Crippen molar-refractivity contribution in [3.8, 4) is 34.3 Å². The van der Waals surface area contributed by atoms with Gasteiger partial charge in [-0.1, -0.05) is 30.3 Å². The van der Waals surface area contributed by atoms with Gasteiger partial charge in [0, 0.05) is 23.9 Å². The van der Waals surface area contributed by atoms with Crippen LogP contribution in [0.4, 0.5) is 31.1 Å². The molecule has 0 saturated carbocycles. The number of nitrogens with zero attached hydrogens (tertiary/aromatic N) is 3. The number of benzene rings is 3. The molecule has 5 rings (SSSR count). The molecule has 43 heavy (non-hydrogen) atoms. The van der Waals surface area contributed by atoms with Crippen LogP contribution in [-0.2, 0) is 6.61 Å². The molecule has 2 aromatic heterocycles. The molecule has 0 radical (unpaired) electrons. The van der Waals surface area contributed by atoms with Gasteiger partial charge in [0.15, 0.2) is 18.2 Å².